The Kier molecular flexibility index (Phi) is 4.58. The first-order valence-corrected chi connectivity index (χ1v) is 8.00. The Morgan fingerprint density at radius 3 is 2.94 bits per heavy atom. The second-order valence-electron chi connectivity index (χ2n) is 3.59. The van der Waals surface area contributed by atoms with Gasteiger partial charge in [-0.15, -0.1) is 0 Å². The molecule has 2 rings (SSSR count). The minimum Gasteiger partial charge on any atom is -0.387 e. The number of hydrogen-bond acceptors (Lipinski definition) is 3. The van der Waals surface area contributed by atoms with Gasteiger partial charge >= 0.3 is 0 Å². The van der Waals surface area contributed by atoms with Gasteiger partial charge in [-0.2, -0.15) is 23.5 Å². The molecule has 0 radical (unpaired) electrons. The van der Waals surface area contributed by atoms with Gasteiger partial charge in [-0.1, -0.05) is 15.9 Å². The summed E-state index contributed by atoms with van der Waals surface area (Å²) in [5, 5.41) is 10.3. The third-order valence-corrected chi connectivity index (χ3v) is 5.81. The minimum atomic E-state index is -0.713. The quantitative estimate of drug-likeness (QED) is 0.900. The number of aliphatic hydroxyl groups is 1. The van der Waals surface area contributed by atoms with E-state index in [1.54, 1.807) is 23.9 Å². The Morgan fingerprint density at radius 1 is 1.44 bits per heavy atom. The molecule has 2 unspecified atom stereocenters. The summed E-state index contributed by atoms with van der Waals surface area (Å²) in [7, 11) is 0. The summed E-state index contributed by atoms with van der Waals surface area (Å²) in [5.74, 6) is 2.71. The van der Waals surface area contributed by atoms with E-state index in [1.807, 2.05) is 11.8 Å². The Hall–Kier alpha value is 0.290. The van der Waals surface area contributed by atoms with Crippen molar-refractivity contribution in [2.75, 3.05) is 17.3 Å². The molecule has 1 aliphatic heterocycles. The van der Waals surface area contributed by atoms with Gasteiger partial charge < -0.3 is 5.11 Å². The van der Waals surface area contributed by atoms with Crippen molar-refractivity contribution in [3.63, 3.8) is 0 Å². The third-order valence-electron chi connectivity index (χ3n) is 2.47. The second-order valence-corrected chi connectivity index (χ2v) is 7.01. The first-order valence-electron chi connectivity index (χ1n) is 5.01. The maximum absolute atomic E-state index is 13.6. The van der Waals surface area contributed by atoms with Crippen LogP contribution in [0.5, 0.6) is 0 Å². The zero-order chi connectivity index (χ0) is 11.5. The fourth-order valence-corrected chi connectivity index (χ4v) is 4.75. The fraction of sp³-hybridized carbons (Fsp3) is 0.455. The van der Waals surface area contributed by atoms with Crippen LogP contribution in [0.2, 0.25) is 0 Å². The zero-order valence-electron chi connectivity index (χ0n) is 8.53. The van der Waals surface area contributed by atoms with Crippen LogP contribution in [0.15, 0.2) is 22.7 Å². The van der Waals surface area contributed by atoms with E-state index in [0.717, 1.165) is 21.7 Å². The van der Waals surface area contributed by atoms with Crippen molar-refractivity contribution in [2.24, 2.45) is 0 Å². The number of benzene rings is 1. The normalized spacial score (nSPS) is 23.1. The van der Waals surface area contributed by atoms with Crippen LogP contribution in [0.3, 0.4) is 0 Å². The molecule has 1 fully saturated rings. The summed E-state index contributed by atoms with van der Waals surface area (Å²) in [6, 6.07) is 4.71. The lowest BCUT2D eigenvalue weighted by atomic mass is 10.1. The highest BCUT2D eigenvalue weighted by molar-refractivity contribution is 9.10. The second kappa shape index (κ2) is 5.76. The van der Waals surface area contributed by atoms with Crippen LogP contribution in [0.4, 0.5) is 4.39 Å². The van der Waals surface area contributed by atoms with Crippen molar-refractivity contribution < 1.29 is 9.50 Å². The summed E-state index contributed by atoms with van der Waals surface area (Å²) in [6.45, 7) is 0. The molecule has 1 aromatic carbocycles. The summed E-state index contributed by atoms with van der Waals surface area (Å²) in [4.78, 5) is 0. The van der Waals surface area contributed by atoms with E-state index in [4.69, 9.17) is 0 Å². The van der Waals surface area contributed by atoms with E-state index in [-0.39, 0.29) is 11.1 Å². The highest BCUT2D eigenvalue weighted by Crippen LogP contribution is 2.35. The Morgan fingerprint density at radius 2 is 2.25 bits per heavy atom. The predicted octanol–water partition coefficient (Wildman–Crippen LogP) is 3.47. The van der Waals surface area contributed by atoms with Gasteiger partial charge in [0.05, 0.1) is 6.10 Å². The van der Waals surface area contributed by atoms with Gasteiger partial charge in [-0.3, -0.25) is 0 Å². The first kappa shape index (κ1) is 12.7. The van der Waals surface area contributed by atoms with E-state index >= 15 is 0 Å². The fourth-order valence-electron chi connectivity index (χ4n) is 1.63. The molecule has 1 N–H and O–H groups in total. The van der Waals surface area contributed by atoms with Gasteiger partial charge in [0.25, 0.3) is 0 Å². The molecular formula is C11H12BrFOS2. The van der Waals surface area contributed by atoms with Crippen molar-refractivity contribution in [1.82, 2.24) is 0 Å². The monoisotopic (exact) mass is 322 g/mol. The van der Waals surface area contributed by atoms with E-state index in [2.05, 4.69) is 15.9 Å². The molecule has 0 spiro atoms. The summed E-state index contributed by atoms with van der Waals surface area (Å²) >= 11 is 6.85. The lowest BCUT2D eigenvalue weighted by molar-refractivity contribution is 0.175. The van der Waals surface area contributed by atoms with Gasteiger partial charge in [0.2, 0.25) is 0 Å². The molecule has 0 aromatic heterocycles. The SMILES string of the molecule is OC(c1cc(Br)ccc1F)C1CSCCS1. The van der Waals surface area contributed by atoms with Gasteiger partial charge in [-0.05, 0) is 18.2 Å². The van der Waals surface area contributed by atoms with Gasteiger partial charge in [0.1, 0.15) is 5.82 Å². The molecule has 5 heteroatoms. The molecule has 1 nitrogen and oxygen atoms in total. The molecule has 2 atom stereocenters. The van der Waals surface area contributed by atoms with Crippen molar-refractivity contribution in [3.05, 3.63) is 34.1 Å². The molecule has 88 valence electrons. The van der Waals surface area contributed by atoms with E-state index in [1.165, 1.54) is 6.07 Å². The van der Waals surface area contributed by atoms with E-state index < -0.39 is 6.10 Å². The lowest BCUT2D eigenvalue weighted by Crippen LogP contribution is -2.23. The number of hydrogen-bond donors (Lipinski definition) is 1. The van der Waals surface area contributed by atoms with Crippen LogP contribution >= 0.6 is 39.5 Å². The van der Waals surface area contributed by atoms with E-state index in [0.29, 0.717) is 5.56 Å². The number of halogens is 2. The Balaban J connectivity index is 2.18. The molecule has 1 aliphatic rings. The van der Waals surface area contributed by atoms with Crippen LogP contribution < -0.4 is 0 Å². The van der Waals surface area contributed by atoms with Crippen molar-refractivity contribution >= 4 is 39.5 Å². The Labute approximate surface area is 111 Å². The smallest absolute Gasteiger partial charge is 0.129 e. The molecule has 0 saturated carbocycles. The third kappa shape index (κ3) is 2.94. The molecule has 16 heavy (non-hydrogen) atoms. The van der Waals surface area contributed by atoms with Crippen LogP contribution in [0, 0.1) is 5.82 Å². The highest BCUT2D eigenvalue weighted by atomic mass is 79.9. The molecule has 1 heterocycles. The average molecular weight is 323 g/mol. The largest absolute Gasteiger partial charge is 0.387 e. The van der Waals surface area contributed by atoms with Crippen LogP contribution in [-0.2, 0) is 0 Å². The molecule has 0 amide bonds. The molecule has 0 aliphatic carbocycles. The topological polar surface area (TPSA) is 20.2 Å². The zero-order valence-corrected chi connectivity index (χ0v) is 11.7. The predicted molar refractivity (Wildman–Crippen MR) is 72.6 cm³/mol. The maximum atomic E-state index is 13.6. The summed E-state index contributed by atoms with van der Waals surface area (Å²) in [5.41, 5.74) is 0.398. The Bertz CT molecular complexity index is 369. The molecule has 1 aromatic rings. The minimum absolute atomic E-state index is 0.0996. The molecule has 0 bridgehead atoms. The van der Waals surface area contributed by atoms with Crippen molar-refractivity contribution in [3.8, 4) is 0 Å². The summed E-state index contributed by atoms with van der Waals surface area (Å²) < 4.78 is 14.4. The molecule has 1 saturated heterocycles. The highest BCUT2D eigenvalue weighted by Gasteiger charge is 2.26. The maximum Gasteiger partial charge on any atom is 0.129 e. The first-order chi connectivity index (χ1) is 7.68. The van der Waals surface area contributed by atoms with Gasteiger partial charge in [-0.25, -0.2) is 4.39 Å². The van der Waals surface area contributed by atoms with Crippen LogP contribution in [-0.4, -0.2) is 27.6 Å². The van der Waals surface area contributed by atoms with Crippen molar-refractivity contribution in [1.29, 1.82) is 0 Å². The van der Waals surface area contributed by atoms with Crippen LogP contribution in [0.1, 0.15) is 11.7 Å². The van der Waals surface area contributed by atoms with Crippen molar-refractivity contribution in [2.45, 2.75) is 11.4 Å². The van der Waals surface area contributed by atoms with Crippen LogP contribution in [0.25, 0.3) is 0 Å². The standard InChI is InChI=1S/C11H12BrFOS2/c12-7-1-2-9(13)8(5-7)11(14)10-6-15-3-4-16-10/h1-2,5,10-11,14H,3-4,6H2. The van der Waals surface area contributed by atoms with Gasteiger partial charge in [0.15, 0.2) is 0 Å². The molecular weight excluding hydrogens is 311 g/mol. The van der Waals surface area contributed by atoms with Gasteiger partial charge in [0, 0.05) is 32.5 Å². The number of aliphatic hydroxyl groups excluding tert-OH is 1. The van der Waals surface area contributed by atoms with E-state index in [9.17, 15) is 9.50 Å². The average Bonchev–Trinajstić information content (AvgIpc) is 2.32. The lowest BCUT2D eigenvalue weighted by Gasteiger charge is -2.26. The number of rotatable bonds is 2. The summed E-state index contributed by atoms with van der Waals surface area (Å²) in [6.07, 6.45) is -0.713. The number of thioether (sulfide) groups is 2.